The van der Waals surface area contributed by atoms with Gasteiger partial charge in [0.15, 0.2) is 5.13 Å². The Morgan fingerprint density at radius 1 is 1.24 bits per heavy atom. The molecule has 0 spiro atoms. The van der Waals surface area contributed by atoms with Gasteiger partial charge in [0.2, 0.25) is 15.7 Å². The summed E-state index contributed by atoms with van der Waals surface area (Å²) in [7, 11) is -3.93. The Labute approximate surface area is 199 Å². The summed E-state index contributed by atoms with van der Waals surface area (Å²) in [6.45, 7) is 6.23. The monoisotopic (exact) mass is 499 g/mol. The number of thiazole rings is 1. The van der Waals surface area contributed by atoms with Crippen molar-refractivity contribution in [2.75, 3.05) is 5.32 Å². The number of benzene rings is 2. The highest BCUT2D eigenvalue weighted by Gasteiger charge is 2.23. The lowest BCUT2D eigenvalue weighted by molar-refractivity contribution is -0.384. The van der Waals surface area contributed by atoms with Gasteiger partial charge in [-0.25, -0.2) is 13.4 Å². The smallest absolute Gasteiger partial charge is 0.269 e. The van der Waals surface area contributed by atoms with Crippen LogP contribution < -0.4 is 5.32 Å². The molecule has 0 aliphatic rings. The Morgan fingerprint density at radius 2 is 1.94 bits per heavy atom. The lowest BCUT2D eigenvalue weighted by Gasteiger charge is -2.09. The van der Waals surface area contributed by atoms with E-state index < -0.39 is 14.8 Å². The van der Waals surface area contributed by atoms with Gasteiger partial charge in [-0.05, 0) is 48.2 Å². The summed E-state index contributed by atoms with van der Waals surface area (Å²) in [5, 5.41) is 14.4. The first-order valence-electron chi connectivity index (χ1n) is 10.3. The minimum atomic E-state index is -3.93. The van der Waals surface area contributed by atoms with Gasteiger partial charge in [-0.2, -0.15) is 0 Å². The maximum atomic E-state index is 12.8. The zero-order valence-corrected chi connectivity index (χ0v) is 20.2. The third-order valence-corrected chi connectivity index (χ3v) is 8.51. The first-order chi connectivity index (χ1) is 16.1. The second-order valence-electron chi connectivity index (χ2n) is 8.08. The summed E-state index contributed by atoms with van der Waals surface area (Å²) in [4.78, 5) is 26.7. The largest absolute Gasteiger partial charge is 0.464 e. The summed E-state index contributed by atoms with van der Waals surface area (Å²) in [5.41, 5.74) is 3.52. The summed E-state index contributed by atoms with van der Waals surface area (Å²) >= 11 is 0.810. The van der Waals surface area contributed by atoms with Crippen LogP contribution >= 0.6 is 11.3 Å². The van der Waals surface area contributed by atoms with E-state index in [1.54, 1.807) is 6.26 Å². The number of nitro groups is 1. The number of nitrogens with zero attached hydrogens (tertiary/aromatic N) is 2. The zero-order chi connectivity index (χ0) is 24.6. The molecule has 11 heteroatoms. The van der Waals surface area contributed by atoms with E-state index in [4.69, 9.17) is 4.42 Å². The van der Waals surface area contributed by atoms with E-state index in [9.17, 15) is 23.3 Å². The summed E-state index contributed by atoms with van der Waals surface area (Å²) in [6.07, 6.45) is 2.75. The Morgan fingerprint density at radius 3 is 2.59 bits per heavy atom. The fourth-order valence-electron chi connectivity index (χ4n) is 3.64. The highest BCUT2D eigenvalue weighted by atomic mass is 32.2. The second kappa shape index (κ2) is 8.99. The van der Waals surface area contributed by atoms with Crippen molar-refractivity contribution >= 4 is 48.9 Å². The number of carbonyl (C=O) groups is 1. The first-order valence-corrected chi connectivity index (χ1v) is 12.6. The van der Waals surface area contributed by atoms with E-state index in [0.717, 1.165) is 46.2 Å². The molecule has 1 N–H and O–H groups in total. The highest BCUT2D eigenvalue weighted by Crippen LogP contribution is 2.31. The molecule has 176 valence electrons. The predicted molar refractivity (Wildman–Crippen MR) is 128 cm³/mol. The predicted octanol–water partition coefficient (Wildman–Crippen LogP) is 5.24. The number of hydrogen-bond donors (Lipinski definition) is 1. The van der Waals surface area contributed by atoms with Crippen LogP contribution in [-0.2, 0) is 21.1 Å². The van der Waals surface area contributed by atoms with Gasteiger partial charge in [-0.15, -0.1) is 0 Å². The van der Waals surface area contributed by atoms with Crippen LogP contribution in [0.3, 0.4) is 0 Å². The topological polar surface area (TPSA) is 132 Å². The number of fused-ring (bicyclic) bond motifs is 1. The summed E-state index contributed by atoms with van der Waals surface area (Å²) < 4.78 is 31.2. The molecule has 0 bridgehead atoms. The van der Waals surface area contributed by atoms with Crippen molar-refractivity contribution in [3.05, 3.63) is 75.7 Å². The SMILES string of the molecule is Cc1cc2occ(CC(=O)Nc3ncc(S(=O)(=O)c4ccc([N+](=O)[O-])cc4)s3)c2cc1C(C)C. The lowest BCUT2D eigenvalue weighted by atomic mass is 9.95. The molecule has 9 nitrogen and oxygen atoms in total. The molecular formula is C23H21N3O6S2. The normalized spacial score (nSPS) is 11.8. The van der Waals surface area contributed by atoms with Gasteiger partial charge in [0, 0.05) is 23.1 Å². The fourth-order valence-corrected chi connectivity index (χ4v) is 6.09. The fraction of sp³-hybridized carbons (Fsp3) is 0.217. The van der Waals surface area contributed by atoms with E-state index in [0.29, 0.717) is 11.5 Å². The Balaban J connectivity index is 1.50. The number of sulfone groups is 1. The van der Waals surface area contributed by atoms with Crippen LogP contribution in [0, 0.1) is 17.0 Å². The average Bonchev–Trinajstić information content (AvgIpc) is 3.40. The number of hydrogen-bond acceptors (Lipinski definition) is 8. The maximum Gasteiger partial charge on any atom is 0.269 e. The van der Waals surface area contributed by atoms with E-state index >= 15 is 0 Å². The van der Waals surface area contributed by atoms with Crippen LogP contribution in [0.1, 0.15) is 36.5 Å². The van der Waals surface area contributed by atoms with Crippen molar-refractivity contribution in [3.8, 4) is 0 Å². The number of furan rings is 1. The number of rotatable bonds is 7. The Bertz CT molecular complexity index is 1500. The van der Waals surface area contributed by atoms with Gasteiger partial charge in [0.05, 0.1) is 28.7 Å². The van der Waals surface area contributed by atoms with Crippen LogP contribution in [-0.4, -0.2) is 24.2 Å². The van der Waals surface area contributed by atoms with Crippen LogP contribution in [0.5, 0.6) is 0 Å². The van der Waals surface area contributed by atoms with Crippen LogP contribution in [0.2, 0.25) is 0 Å². The number of anilines is 1. The summed E-state index contributed by atoms with van der Waals surface area (Å²) in [5.74, 6) is -0.0320. The molecule has 2 heterocycles. The van der Waals surface area contributed by atoms with Gasteiger partial charge in [0.1, 0.15) is 9.79 Å². The van der Waals surface area contributed by atoms with Crippen molar-refractivity contribution in [1.29, 1.82) is 0 Å². The van der Waals surface area contributed by atoms with Crippen molar-refractivity contribution in [3.63, 3.8) is 0 Å². The lowest BCUT2D eigenvalue weighted by Crippen LogP contribution is -2.13. The van der Waals surface area contributed by atoms with Crippen molar-refractivity contribution in [2.24, 2.45) is 0 Å². The molecule has 4 rings (SSSR count). The molecule has 0 saturated heterocycles. The van der Waals surface area contributed by atoms with Crippen LogP contribution in [0.15, 0.2) is 62.4 Å². The van der Waals surface area contributed by atoms with E-state index in [-0.39, 0.29) is 32.3 Å². The van der Waals surface area contributed by atoms with E-state index in [1.807, 2.05) is 19.1 Å². The quantitative estimate of drug-likeness (QED) is 0.271. The molecule has 0 unspecified atom stereocenters. The van der Waals surface area contributed by atoms with Crippen LogP contribution in [0.25, 0.3) is 11.0 Å². The molecule has 2 aromatic carbocycles. The third-order valence-electron chi connectivity index (χ3n) is 5.37. The highest BCUT2D eigenvalue weighted by molar-refractivity contribution is 7.93. The summed E-state index contributed by atoms with van der Waals surface area (Å²) in [6, 6.07) is 8.59. The number of carbonyl (C=O) groups excluding carboxylic acids is 1. The molecule has 34 heavy (non-hydrogen) atoms. The number of aromatic nitrogens is 1. The number of aryl methyl sites for hydroxylation is 1. The van der Waals surface area contributed by atoms with Gasteiger partial charge in [-0.1, -0.05) is 25.2 Å². The molecule has 0 aliphatic carbocycles. The van der Waals surface area contributed by atoms with E-state index in [2.05, 4.69) is 24.1 Å². The molecule has 2 aromatic heterocycles. The minimum absolute atomic E-state index is 0.0393. The molecule has 0 fully saturated rings. The van der Waals surface area contributed by atoms with Crippen molar-refractivity contribution < 1.29 is 22.6 Å². The molecule has 0 saturated carbocycles. The number of non-ortho nitro benzene ring substituents is 1. The van der Waals surface area contributed by atoms with Gasteiger partial charge < -0.3 is 9.73 Å². The maximum absolute atomic E-state index is 12.8. The molecule has 0 radical (unpaired) electrons. The number of nitro benzene ring substituents is 1. The van der Waals surface area contributed by atoms with Crippen LogP contribution in [0.4, 0.5) is 10.8 Å². The number of amides is 1. The van der Waals surface area contributed by atoms with Gasteiger partial charge >= 0.3 is 0 Å². The Kier molecular flexibility index (Phi) is 6.24. The standard InChI is InChI=1S/C23H21N3O6S2/c1-13(2)18-10-19-15(12-32-20(19)8-14(18)3)9-21(27)25-23-24-11-22(33-23)34(30,31)17-6-4-16(5-7-17)26(28)29/h4-8,10-13H,9H2,1-3H3,(H,24,25,27). The molecule has 0 atom stereocenters. The van der Waals surface area contributed by atoms with E-state index in [1.165, 1.54) is 17.7 Å². The number of nitrogens with one attached hydrogen (secondary N) is 1. The van der Waals surface area contributed by atoms with Crippen molar-refractivity contribution in [1.82, 2.24) is 4.98 Å². The van der Waals surface area contributed by atoms with Gasteiger partial charge in [0.25, 0.3) is 5.69 Å². The molecule has 1 amide bonds. The molecule has 0 aliphatic heterocycles. The first kappa shape index (κ1) is 23.6. The Hall–Kier alpha value is -3.57. The zero-order valence-electron chi connectivity index (χ0n) is 18.6. The molecule has 4 aromatic rings. The second-order valence-corrected chi connectivity index (χ2v) is 11.3. The third kappa shape index (κ3) is 4.57. The molecular weight excluding hydrogens is 478 g/mol. The minimum Gasteiger partial charge on any atom is -0.464 e. The van der Waals surface area contributed by atoms with Gasteiger partial charge in [-0.3, -0.25) is 14.9 Å². The average molecular weight is 500 g/mol. The van der Waals surface area contributed by atoms with Crippen molar-refractivity contribution in [2.45, 2.75) is 42.2 Å².